The lowest BCUT2D eigenvalue weighted by atomic mass is 10.0. The SMILES string of the molecule is CC(Sc1nnc(CN2CCCCC2)n1-c1ccc(F)cc1)C(=O)N1CCCc2ccccc21. The molecule has 1 amide bonds. The summed E-state index contributed by atoms with van der Waals surface area (Å²) < 4.78 is 15.6. The van der Waals surface area contributed by atoms with E-state index in [1.807, 2.05) is 34.6 Å². The summed E-state index contributed by atoms with van der Waals surface area (Å²) >= 11 is 1.41. The lowest BCUT2D eigenvalue weighted by Crippen LogP contribution is -2.40. The van der Waals surface area contributed by atoms with Crippen LogP contribution in [0.25, 0.3) is 5.69 Å². The number of thioether (sulfide) groups is 1. The Morgan fingerprint density at radius 3 is 2.56 bits per heavy atom. The molecular weight excluding hydrogens is 449 g/mol. The number of halogens is 1. The molecule has 1 atom stereocenters. The van der Waals surface area contributed by atoms with E-state index in [9.17, 15) is 9.18 Å². The maximum Gasteiger partial charge on any atom is 0.240 e. The van der Waals surface area contributed by atoms with E-state index in [0.717, 1.165) is 49.7 Å². The first kappa shape index (κ1) is 23.1. The average Bonchev–Trinajstić information content (AvgIpc) is 3.26. The molecule has 0 radical (unpaired) electrons. The maximum atomic E-state index is 13.6. The normalized spacial score (nSPS) is 17.4. The molecule has 1 saturated heterocycles. The van der Waals surface area contributed by atoms with Crippen molar-refractivity contribution in [2.75, 3.05) is 24.5 Å². The minimum absolute atomic E-state index is 0.0726. The Balaban J connectivity index is 1.40. The van der Waals surface area contributed by atoms with Crippen molar-refractivity contribution in [3.8, 4) is 5.69 Å². The zero-order chi connectivity index (χ0) is 23.5. The lowest BCUT2D eigenvalue weighted by molar-refractivity contribution is -0.117. The van der Waals surface area contributed by atoms with E-state index in [-0.39, 0.29) is 17.0 Å². The number of carbonyl (C=O) groups excluding carboxylic acids is 1. The van der Waals surface area contributed by atoms with E-state index in [0.29, 0.717) is 11.7 Å². The van der Waals surface area contributed by atoms with Gasteiger partial charge < -0.3 is 4.90 Å². The zero-order valence-corrected chi connectivity index (χ0v) is 20.3. The fourth-order valence-electron chi connectivity index (χ4n) is 4.84. The zero-order valence-electron chi connectivity index (χ0n) is 19.5. The number of rotatable bonds is 6. The van der Waals surface area contributed by atoms with Crippen molar-refractivity contribution in [2.24, 2.45) is 0 Å². The second-order valence-electron chi connectivity index (χ2n) is 9.03. The van der Waals surface area contributed by atoms with E-state index in [1.165, 1.54) is 48.7 Å². The van der Waals surface area contributed by atoms with Gasteiger partial charge in [-0.3, -0.25) is 14.3 Å². The van der Waals surface area contributed by atoms with Crippen LogP contribution in [-0.4, -0.2) is 50.5 Å². The molecule has 2 aliphatic heterocycles. The third-order valence-electron chi connectivity index (χ3n) is 6.61. The molecule has 2 aromatic carbocycles. The molecule has 0 saturated carbocycles. The Kier molecular flexibility index (Phi) is 6.97. The Labute approximate surface area is 204 Å². The van der Waals surface area contributed by atoms with Crippen LogP contribution in [0.5, 0.6) is 0 Å². The molecule has 1 fully saturated rings. The van der Waals surface area contributed by atoms with E-state index >= 15 is 0 Å². The number of piperidine rings is 1. The van der Waals surface area contributed by atoms with Crippen LogP contribution in [-0.2, 0) is 17.8 Å². The first-order valence-corrected chi connectivity index (χ1v) is 13.0. The molecule has 1 aromatic heterocycles. The number of benzene rings is 2. The second kappa shape index (κ2) is 10.3. The van der Waals surface area contributed by atoms with Crippen molar-refractivity contribution in [1.29, 1.82) is 0 Å². The van der Waals surface area contributed by atoms with Gasteiger partial charge in [-0.2, -0.15) is 0 Å². The highest BCUT2D eigenvalue weighted by Crippen LogP contribution is 2.32. The molecule has 1 unspecified atom stereocenters. The van der Waals surface area contributed by atoms with Crippen LogP contribution in [0.15, 0.2) is 53.7 Å². The van der Waals surface area contributed by atoms with E-state index in [2.05, 4.69) is 21.2 Å². The van der Waals surface area contributed by atoms with Crippen molar-refractivity contribution in [2.45, 2.75) is 56.0 Å². The van der Waals surface area contributed by atoms with Gasteiger partial charge in [-0.05, 0) is 81.6 Å². The van der Waals surface area contributed by atoms with Gasteiger partial charge in [0, 0.05) is 17.9 Å². The van der Waals surface area contributed by atoms with Gasteiger partial charge in [0.2, 0.25) is 5.91 Å². The van der Waals surface area contributed by atoms with Gasteiger partial charge in [0.15, 0.2) is 11.0 Å². The minimum Gasteiger partial charge on any atom is -0.311 e. The number of nitrogens with zero attached hydrogens (tertiary/aromatic N) is 5. The number of aryl methyl sites for hydroxylation is 1. The molecule has 8 heteroatoms. The summed E-state index contributed by atoms with van der Waals surface area (Å²) in [5, 5.41) is 9.30. The Morgan fingerprint density at radius 1 is 1.00 bits per heavy atom. The third kappa shape index (κ3) is 4.88. The van der Waals surface area contributed by atoms with Crippen LogP contribution in [0, 0.1) is 5.82 Å². The maximum absolute atomic E-state index is 13.6. The molecule has 5 rings (SSSR count). The van der Waals surface area contributed by atoms with Crippen molar-refractivity contribution < 1.29 is 9.18 Å². The average molecular weight is 480 g/mol. The molecule has 0 spiro atoms. The van der Waals surface area contributed by atoms with Crippen LogP contribution < -0.4 is 4.90 Å². The van der Waals surface area contributed by atoms with Crippen molar-refractivity contribution in [3.05, 3.63) is 65.7 Å². The summed E-state index contributed by atoms with van der Waals surface area (Å²) in [6.07, 6.45) is 5.61. The van der Waals surface area contributed by atoms with Crippen molar-refractivity contribution in [1.82, 2.24) is 19.7 Å². The minimum atomic E-state index is -0.336. The smallest absolute Gasteiger partial charge is 0.240 e. The fraction of sp³-hybridized carbons (Fsp3) is 0.423. The van der Waals surface area contributed by atoms with Crippen molar-refractivity contribution in [3.63, 3.8) is 0 Å². The van der Waals surface area contributed by atoms with Gasteiger partial charge in [-0.15, -0.1) is 10.2 Å². The number of fused-ring (bicyclic) bond motifs is 1. The summed E-state index contributed by atoms with van der Waals surface area (Å²) in [6.45, 7) is 5.43. The van der Waals surface area contributed by atoms with Crippen LogP contribution in [0.2, 0.25) is 0 Å². The standard InChI is InChI=1S/C26H30FN5OS/c1-19(25(33)31-17-7-9-20-8-3-4-10-23(20)31)34-26-29-28-24(18-30-15-5-2-6-16-30)32(26)22-13-11-21(27)12-14-22/h3-4,8,10-14,19H,2,5-7,9,15-18H2,1H3. The molecular formula is C26H30FN5OS. The largest absolute Gasteiger partial charge is 0.311 e. The van der Waals surface area contributed by atoms with E-state index in [4.69, 9.17) is 0 Å². The van der Waals surface area contributed by atoms with Gasteiger partial charge >= 0.3 is 0 Å². The topological polar surface area (TPSA) is 54.3 Å². The van der Waals surface area contributed by atoms with Gasteiger partial charge in [-0.1, -0.05) is 36.4 Å². The molecule has 3 heterocycles. The van der Waals surface area contributed by atoms with Gasteiger partial charge in [0.05, 0.1) is 11.8 Å². The quantitative estimate of drug-likeness (QED) is 0.473. The molecule has 178 valence electrons. The highest BCUT2D eigenvalue weighted by Gasteiger charge is 2.29. The van der Waals surface area contributed by atoms with Gasteiger partial charge in [0.25, 0.3) is 0 Å². The van der Waals surface area contributed by atoms with Gasteiger partial charge in [0.1, 0.15) is 5.82 Å². The monoisotopic (exact) mass is 479 g/mol. The highest BCUT2D eigenvalue weighted by atomic mass is 32.2. The first-order chi connectivity index (χ1) is 16.6. The number of amides is 1. The molecule has 34 heavy (non-hydrogen) atoms. The second-order valence-corrected chi connectivity index (χ2v) is 10.3. The number of likely N-dealkylation sites (tertiary alicyclic amines) is 1. The fourth-order valence-corrected chi connectivity index (χ4v) is 5.79. The summed E-state index contributed by atoms with van der Waals surface area (Å²) in [5.74, 6) is 0.610. The van der Waals surface area contributed by atoms with Crippen LogP contribution in [0.1, 0.15) is 44.0 Å². The number of hydrogen-bond donors (Lipinski definition) is 0. The lowest BCUT2D eigenvalue weighted by Gasteiger charge is -2.31. The molecule has 0 bridgehead atoms. The summed E-state index contributed by atoms with van der Waals surface area (Å²) in [7, 11) is 0. The van der Waals surface area contributed by atoms with E-state index < -0.39 is 0 Å². The number of anilines is 1. The van der Waals surface area contributed by atoms with Crippen LogP contribution in [0.3, 0.4) is 0 Å². The summed E-state index contributed by atoms with van der Waals surface area (Å²) in [5.41, 5.74) is 3.04. The predicted octanol–water partition coefficient (Wildman–Crippen LogP) is 4.85. The summed E-state index contributed by atoms with van der Waals surface area (Å²) in [6, 6.07) is 14.5. The first-order valence-electron chi connectivity index (χ1n) is 12.1. The molecule has 0 aliphatic carbocycles. The summed E-state index contributed by atoms with van der Waals surface area (Å²) in [4.78, 5) is 17.8. The highest BCUT2D eigenvalue weighted by molar-refractivity contribution is 8.00. The Bertz CT molecular complexity index is 1140. The molecule has 2 aliphatic rings. The van der Waals surface area contributed by atoms with Crippen LogP contribution in [0.4, 0.5) is 10.1 Å². The Morgan fingerprint density at radius 2 is 1.76 bits per heavy atom. The number of para-hydroxylation sites is 1. The van der Waals surface area contributed by atoms with Crippen LogP contribution >= 0.6 is 11.8 Å². The molecule has 6 nitrogen and oxygen atoms in total. The van der Waals surface area contributed by atoms with E-state index in [1.54, 1.807) is 12.1 Å². The number of hydrogen-bond acceptors (Lipinski definition) is 5. The molecule has 0 N–H and O–H groups in total. The predicted molar refractivity (Wildman–Crippen MR) is 133 cm³/mol. The Hall–Kier alpha value is -2.71. The third-order valence-corrected chi connectivity index (χ3v) is 7.64. The van der Waals surface area contributed by atoms with Gasteiger partial charge in [-0.25, -0.2) is 4.39 Å². The molecule has 3 aromatic rings. The number of carbonyl (C=O) groups is 1. The van der Waals surface area contributed by atoms with Crippen molar-refractivity contribution >= 4 is 23.4 Å². The number of aromatic nitrogens is 3.